The van der Waals surface area contributed by atoms with Crippen LogP contribution >= 0.6 is 0 Å². The third-order valence-corrected chi connectivity index (χ3v) is 2.92. The molecule has 0 aliphatic rings. The molecule has 188 valence electrons. The van der Waals surface area contributed by atoms with Crippen LogP contribution in [0, 0.1) is 0 Å². The number of aliphatic hydroxyl groups is 2. The second-order valence-corrected chi connectivity index (χ2v) is 5.26. The topological polar surface area (TPSA) is 74.6 Å². The Hall–Kier alpha value is -1.58. The van der Waals surface area contributed by atoms with Gasteiger partial charge in [-0.15, -0.1) is 3.89 Å². The normalized spacial score (nSPS) is 19.5. The van der Waals surface area contributed by atoms with Crippen LogP contribution in [0.4, 0.5) is 74.1 Å². The zero-order valence-electron chi connectivity index (χ0n) is 13.1. The second-order valence-electron chi connectivity index (χ2n) is 4.83. The fourth-order valence-electron chi connectivity index (χ4n) is 1.47. The van der Waals surface area contributed by atoms with E-state index in [-0.39, 0.29) is 0 Å². The number of rotatable bonds is 5. The Balaban J connectivity index is 0. The lowest BCUT2D eigenvalue weighted by molar-refractivity contribution is -0.476. The van der Waals surface area contributed by atoms with Crippen LogP contribution in [-0.2, 0) is 11.1 Å². The molecule has 3 atom stereocenters. The van der Waals surface area contributed by atoms with E-state index in [1.54, 1.807) is 0 Å². The Bertz CT molecular complexity index is 736. The molecule has 0 heterocycles. The Morgan fingerprint density at radius 3 is 1.10 bits per heavy atom. The molecule has 3 unspecified atom stereocenters. The van der Waals surface area contributed by atoms with E-state index in [1.165, 1.54) is 0 Å². The molecule has 0 saturated carbocycles. The summed E-state index contributed by atoms with van der Waals surface area (Å²) in [5, 5.41) is 16.3. The fourth-order valence-corrected chi connectivity index (χ4v) is 1.47. The number of thiol groups is 1. The highest BCUT2D eigenvalue weighted by Crippen LogP contribution is 2.63. The second kappa shape index (κ2) is 8.75. The van der Waals surface area contributed by atoms with Gasteiger partial charge >= 0.3 is 47.7 Å². The lowest BCUT2D eigenvalue weighted by Crippen LogP contribution is -2.79. The first-order valence-electron chi connectivity index (χ1n) is 6.01. The third kappa shape index (κ3) is 5.09. The number of hydrogen-bond donors (Lipinski definition) is 3. The molecule has 0 rings (SSSR count). The van der Waals surface area contributed by atoms with E-state index in [4.69, 9.17) is 18.6 Å². The van der Waals surface area contributed by atoms with Crippen molar-refractivity contribution in [1.82, 2.24) is 0 Å². The molecule has 0 amide bonds. The summed E-state index contributed by atoms with van der Waals surface area (Å²) in [5.74, 6) is -36.6. The number of hydrogen-bond acceptors (Lipinski definition) is 4. The minimum absolute atomic E-state index is 3.62. The van der Waals surface area contributed by atoms with Crippen molar-refractivity contribution in [2.75, 3.05) is 0 Å². The van der Waals surface area contributed by atoms with Gasteiger partial charge in [-0.25, -0.2) is 8.78 Å². The van der Waals surface area contributed by atoms with Crippen molar-refractivity contribution in [3.63, 3.8) is 0 Å². The zero-order valence-corrected chi connectivity index (χ0v) is 14.0. The molecule has 0 aliphatic heterocycles. The summed E-state index contributed by atoms with van der Waals surface area (Å²) in [6.45, 7) is 0. The molecule has 22 heteroatoms. The third-order valence-electron chi connectivity index (χ3n) is 2.92. The largest absolute Gasteiger partial charge is 0.459 e. The Labute approximate surface area is 158 Å². The average Bonchev–Trinajstić information content (AvgIpc) is 2.49. The summed E-state index contributed by atoms with van der Waals surface area (Å²) in [5.41, 5.74) is -8.53. The maximum Gasteiger partial charge on any atom is 0.459 e. The van der Waals surface area contributed by atoms with Gasteiger partial charge in [0.05, 0.1) is 0 Å². The molecule has 0 aliphatic carbocycles. The van der Waals surface area contributed by atoms with Crippen molar-refractivity contribution < 1.29 is 92.8 Å². The molecule has 0 fully saturated rings. The van der Waals surface area contributed by atoms with Crippen molar-refractivity contribution in [2.24, 2.45) is 0 Å². The zero-order chi connectivity index (χ0) is 26.2. The van der Waals surface area contributed by atoms with Crippen molar-refractivity contribution in [2.45, 2.75) is 41.6 Å². The monoisotopic (exact) mass is 530 g/mol. The summed E-state index contributed by atoms with van der Waals surface area (Å²) >= 11 is -3.62. The fraction of sp³-hybridized carbons (Fsp3) is 0.778. The molecule has 0 saturated heterocycles. The molecular weight excluding hydrogens is 527 g/mol. The number of halogens is 17. The Kier molecular flexibility index (Phi) is 8.92. The first-order valence-corrected chi connectivity index (χ1v) is 7.07. The van der Waals surface area contributed by atoms with Gasteiger partial charge < -0.3 is 10.2 Å². The van der Waals surface area contributed by atoms with Gasteiger partial charge in [0.1, 0.15) is 0 Å². The van der Waals surface area contributed by atoms with E-state index < -0.39 is 64.6 Å². The molecule has 0 spiro atoms. The van der Waals surface area contributed by atoms with Gasteiger partial charge in [0.25, 0.3) is 11.1 Å². The summed E-state index contributed by atoms with van der Waals surface area (Å²) in [6.07, 6.45) is -20.4. The van der Waals surface area contributed by atoms with Crippen molar-refractivity contribution in [3.8, 4) is 0 Å². The van der Waals surface area contributed by atoms with Gasteiger partial charge in [0.15, 0.2) is 0 Å². The van der Waals surface area contributed by atoms with Crippen LogP contribution in [0.25, 0.3) is 0 Å². The van der Waals surface area contributed by atoms with Crippen LogP contribution < -0.4 is 0 Å². The molecule has 2 N–H and O–H groups in total. The smallest absolute Gasteiger partial charge is 0.354 e. The van der Waals surface area contributed by atoms with E-state index in [9.17, 15) is 74.1 Å². The molecule has 0 radical (unpaired) electrons. The summed E-state index contributed by atoms with van der Waals surface area (Å²) < 4.78 is 228. The predicted molar refractivity (Wildman–Crippen MR) is 59.7 cm³/mol. The van der Waals surface area contributed by atoms with E-state index in [0.29, 0.717) is 0 Å². The SMILES string of the molecule is O=[SH](=O)F.OC(F)(C(F)=C(F)F)C(F)(F)C(F)(C(F)(F)F)C(O)(F)C(F)(F)C(F)(F)F. The van der Waals surface area contributed by atoms with Crippen molar-refractivity contribution >= 4 is 11.1 Å². The Morgan fingerprint density at radius 1 is 0.613 bits per heavy atom. The van der Waals surface area contributed by atoms with Crippen LogP contribution in [0.15, 0.2) is 11.9 Å². The van der Waals surface area contributed by atoms with E-state index >= 15 is 0 Å². The van der Waals surface area contributed by atoms with Crippen LogP contribution in [0.1, 0.15) is 0 Å². The van der Waals surface area contributed by atoms with Crippen LogP contribution in [-0.4, -0.2) is 60.2 Å². The maximum atomic E-state index is 13.7. The van der Waals surface area contributed by atoms with Gasteiger partial charge in [0.2, 0.25) is 5.83 Å². The molecule has 0 aromatic carbocycles. The van der Waals surface area contributed by atoms with Gasteiger partial charge in [-0.05, 0) is 0 Å². The molecule has 0 aromatic rings. The highest BCUT2D eigenvalue weighted by atomic mass is 32.2. The molecular formula is C9H3F17O4S. The quantitative estimate of drug-likeness (QED) is 0.286. The Morgan fingerprint density at radius 2 is 0.903 bits per heavy atom. The predicted octanol–water partition coefficient (Wildman–Crippen LogP) is 3.97. The summed E-state index contributed by atoms with van der Waals surface area (Å²) in [6, 6.07) is 0. The maximum absolute atomic E-state index is 13.7. The first-order chi connectivity index (χ1) is 13.1. The molecule has 4 nitrogen and oxygen atoms in total. The highest BCUT2D eigenvalue weighted by Gasteiger charge is 2.95. The molecule has 0 aromatic heterocycles. The standard InChI is InChI=1S/C9H2F16O2.FHO2S/c10-1(2(11)12)3(13,26)5(15,16)4(14,8(20,21)22)7(19,27)6(17,18)9(23,24)25;1-4(2)3/h26-27H;4H. The first kappa shape index (κ1) is 31.6. The van der Waals surface area contributed by atoms with Crippen molar-refractivity contribution in [1.29, 1.82) is 0 Å². The lowest BCUT2D eigenvalue weighted by atomic mass is 9.80. The summed E-state index contributed by atoms with van der Waals surface area (Å²) in [4.78, 5) is 0. The van der Waals surface area contributed by atoms with E-state index in [2.05, 4.69) is 0 Å². The summed E-state index contributed by atoms with van der Waals surface area (Å²) in [7, 11) is 0. The van der Waals surface area contributed by atoms with Gasteiger partial charge in [-0.3, -0.25) is 0 Å². The molecule has 31 heavy (non-hydrogen) atoms. The van der Waals surface area contributed by atoms with Crippen LogP contribution in [0.5, 0.6) is 0 Å². The highest BCUT2D eigenvalue weighted by molar-refractivity contribution is 7.66. The van der Waals surface area contributed by atoms with E-state index in [0.717, 1.165) is 0 Å². The minimum atomic E-state index is -8.53. The van der Waals surface area contributed by atoms with Gasteiger partial charge in [0, 0.05) is 0 Å². The van der Waals surface area contributed by atoms with Crippen molar-refractivity contribution in [3.05, 3.63) is 11.9 Å². The van der Waals surface area contributed by atoms with Crippen LogP contribution in [0.3, 0.4) is 0 Å². The lowest BCUT2D eigenvalue weighted by Gasteiger charge is -2.46. The van der Waals surface area contributed by atoms with Gasteiger partial charge in [-0.2, -0.15) is 69.9 Å². The molecule has 0 bridgehead atoms. The van der Waals surface area contributed by atoms with Gasteiger partial charge in [-0.1, -0.05) is 0 Å². The van der Waals surface area contributed by atoms with E-state index in [1.807, 2.05) is 0 Å². The van der Waals surface area contributed by atoms with Crippen LogP contribution in [0.2, 0.25) is 0 Å². The minimum Gasteiger partial charge on any atom is -0.354 e. The number of alkyl halides is 13. The average molecular weight is 530 g/mol.